The van der Waals surface area contributed by atoms with Gasteiger partial charge < -0.3 is 4.98 Å². The van der Waals surface area contributed by atoms with Gasteiger partial charge in [0.15, 0.2) is 0 Å². The molecule has 96 valence electrons. The van der Waals surface area contributed by atoms with Gasteiger partial charge in [0.05, 0.1) is 11.4 Å². The van der Waals surface area contributed by atoms with Crippen LogP contribution in [0.5, 0.6) is 0 Å². The number of nitrogens with one attached hydrogen (secondary N) is 1. The quantitative estimate of drug-likeness (QED) is 0.749. The average molecular weight is 318 g/mol. The van der Waals surface area contributed by atoms with Crippen molar-refractivity contribution in [3.05, 3.63) is 56.4 Å². The van der Waals surface area contributed by atoms with Crippen LogP contribution in [0.1, 0.15) is 11.3 Å². The number of hydrogen-bond acceptors (Lipinski definition) is 2. The number of aryl methyl sites for hydroxylation is 2. The van der Waals surface area contributed by atoms with Crippen molar-refractivity contribution in [2.45, 2.75) is 13.8 Å². The molecule has 0 saturated heterocycles. The first-order valence-electron chi connectivity index (χ1n) is 5.91. The van der Waals surface area contributed by atoms with E-state index in [1.54, 1.807) is 10.7 Å². The van der Waals surface area contributed by atoms with E-state index in [0.29, 0.717) is 0 Å². The van der Waals surface area contributed by atoms with E-state index in [9.17, 15) is 4.79 Å². The number of fused-ring (bicyclic) bond motifs is 1. The van der Waals surface area contributed by atoms with Gasteiger partial charge in [0.25, 0.3) is 0 Å². The van der Waals surface area contributed by atoms with E-state index in [4.69, 9.17) is 0 Å². The lowest BCUT2D eigenvalue weighted by Gasteiger charge is -2.03. The first kappa shape index (κ1) is 12.2. The summed E-state index contributed by atoms with van der Waals surface area (Å²) in [6.07, 6.45) is 0. The Bertz CT molecular complexity index is 815. The van der Waals surface area contributed by atoms with Crippen molar-refractivity contribution >= 4 is 27.0 Å². The largest absolute Gasteiger partial charge is 0.306 e. The molecule has 0 aliphatic heterocycles. The Morgan fingerprint density at radius 1 is 1.21 bits per heavy atom. The van der Waals surface area contributed by atoms with Gasteiger partial charge in [-0.15, -0.1) is 0 Å². The van der Waals surface area contributed by atoms with Crippen LogP contribution in [0.3, 0.4) is 0 Å². The van der Waals surface area contributed by atoms with Crippen molar-refractivity contribution in [2.75, 3.05) is 0 Å². The lowest BCUT2D eigenvalue weighted by Crippen LogP contribution is -2.07. The summed E-state index contributed by atoms with van der Waals surface area (Å²) < 4.78 is 2.78. The molecule has 0 aliphatic rings. The van der Waals surface area contributed by atoms with E-state index in [1.807, 2.05) is 38.1 Å². The second kappa shape index (κ2) is 4.35. The lowest BCUT2D eigenvalue weighted by molar-refractivity contribution is 0.875. The summed E-state index contributed by atoms with van der Waals surface area (Å²) in [5, 5.41) is 5.53. The number of rotatable bonds is 1. The Kier molecular flexibility index (Phi) is 2.78. The molecule has 0 fully saturated rings. The number of halogens is 1. The third-order valence-electron chi connectivity index (χ3n) is 3.12. The zero-order valence-electron chi connectivity index (χ0n) is 10.6. The van der Waals surface area contributed by atoms with Gasteiger partial charge in [-0.1, -0.05) is 15.9 Å². The molecule has 0 bridgehead atoms. The van der Waals surface area contributed by atoms with Crippen molar-refractivity contribution in [3.8, 4) is 5.69 Å². The fourth-order valence-corrected chi connectivity index (χ4v) is 2.57. The van der Waals surface area contributed by atoms with Crippen LogP contribution in [0.25, 0.3) is 16.7 Å². The molecular weight excluding hydrogens is 306 g/mol. The third-order valence-corrected chi connectivity index (χ3v) is 3.64. The van der Waals surface area contributed by atoms with E-state index in [1.165, 1.54) is 0 Å². The van der Waals surface area contributed by atoms with Gasteiger partial charge in [0, 0.05) is 15.9 Å². The minimum atomic E-state index is -0.108. The summed E-state index contributed by atoms with van der Waals surface area (Å²) in [6, 6.07) is 9.41. The monoisotopic (exact) mass is 317 g/mol. The molecule has 0 atom stereocenters. The van der Waals surface area contributed by atoms with Crippen LogP contribution in [0.4, 0.5) is 0 Å². The molecule has 0 aliphatic carbocycles. The van der Waals surface area contributed by atoms with Gasteiger partial charge in [-0.2, -0.15) is 5.10 Å². The first-order chi connectivity index (χ1) is 9.06. The van der Waals surface area contributed by atoms with E-state index in [-0.39, 0.29) is 5.56 Å². The van der Waals surface area contributed by atoms with Crippen molar-refractivity contribution < 1.29 is 0 Å². The highest BCUT2D eigenvalue weighted by Gasteiger charge is 2.12. The number of benzene rings is 1. The molecule has 2 aromatic heterocycles. The Hall–Kier alpha value is -1.88. The molecule has 0 spiro atoms. The zero-order valence-corrected chi connectivity index (χ0v) is 12.2. The second-order valence-corrected chi connectivity index (χ2v) is 5.43. The molecule has 0 amide bonds. The van der Waals surface area contributed by atoms with Gasteiger partial charge in [-0.25, -0.2) is 4.68 Å². The molecule has 2 heterocycles. The van der Waals surface area contributed by atoms with Gasteiger partial charge in [-0.3, -0.25) is 4.79 Å². The standard InChI is InChI=1S/C14H12BrN3O/c1-8-7-12(19)16-14-13(8)9(2)17-18(14)11-5-3-10(15)4-6-11/h3-7H,1-2H3,(H,16,19). The molecular formula is C14H12BrN3O. The zero-order chi connectivity index (χ0) is 13.6. The molecule has 3 aromatic rings. The molecule has 0 radical (unpaired) electrons. The highest BCUT2D eigenvalue weighted by atomic mass is 79.9. The van der Waals surface area contributed by atoms with E-state index >= 15 is 0 Å². The van der Waals surface area contributed by atoms with Gasteiger partial charge in [0.1, 0.15) is 5.65 Å². The van der Waals surface area contributed by atoms with Crippen molar-refractivity contribution in [1.82, 2.24) is 14.8 Å². The Balaban J connectivity index is 2.36. The maximum absolute atomic E-state index is 11.6. The molecule has 5 heteroatoms. The smallest absolute Gasteiger partial charge is 0.249 e. The SMILES string of the molecule is Cc1cc(=O)[nH]c2c1c(C)nn2-c1ccc(Br)cc1. The van der Waals surface area contributed by atoms with Crippen LogP contribution >= 0.6 is 15.9 Å². The van der Waals surface area contributed by atoms with Crippen LogP contribution in [-0.4, -0.2) is 14.8 Å². The van der Waals surface area contributed by atoms with Crippen LogP contribution < -0.4 is 5.56 Å². The maximum Gasteiger partial charge on any atom is 0.249 e. The number of aromatic amines is 1. The molecule has 19 heavy (non-hydrogen) atoms. The summed E-state index contributed by atoms with van der Waals surface area (Å²) >= 11 is 3.41. The van der Waals surface area contributed by atoms with E-state index in [0.717, 1.165) is 32.5 Å². The van der Waals surface area contributed by atoms with Gasteiger partial charge >= 0.3 is 0 Å². The number of nitrogens with zero attached hydrogens (tertiary/aromatic N) is 2. The average Bonchev–Trinajstić information content (AvgIpc) is 2.67. The number of aromatic nitrogens is 3. The van der Waals surface area contributed by atoms with Crippen LogP contribution in [0, 0.1) is 13.8 Å². The Labute approximate surface area is 118 Å². The summed E-state index contributed by atoms with van der Waals surface area (Å²) in [4.78, 5) is 14.5. The Morgan fingerprint density at radius 2 is 1.89 bits per heavy atom. The third kappa shape index (κ3) is 2.00. The fraction of sp³-hybridized carbons (Fsp3) is 0.143. The summed E-state index contributed by atoms with van der Waals surface area (Å²) in [7, 11) is 0. The van der Waals surface area contributed by atoms with Gasteiger partial charge in [-0.05, 0) is 43.7 Å². The topological polar surface area (TPSA) is 50.7 Å². The molecule has 1 N–H and O–H groups in total. The summed E-state index contributed by atoms with van der Waals surface area (Å²) in [5.41, 5.74) is 3.40. The number of H-pyrrole nitrogens is 1. The van der Waals surface area contributed by atoms with Crippen molar-refractivity contribution in [2.24, 2.45) is 0 Å². The summed E-state index contributed by atoms with van der Waals surface area (Å²) in [5.74, 6) is 0. The first-order valence-corrected chi connectivity index (χ1v) is 6.71. The van der Waals surface area contributed by atoms with E-state index < -0.39 is 0 Å². The molecule has 3 rings (SSSR count). The normalized spacial score (nSPS) is 11.1. The van der Waals surface area contributed by atoms with Crippen molar-refractivity contribution in [1.29, 1.82) is 0 Å². The summed E-state index contributed by atoms with van der Waals surface area (Å²) in [6.45, 7) is 3.88. The lowest BCUT2D eigenvalue weighted by atomic mass is 10.2. The molecule has 0 saturated carbocycles. The van der Waals surface area contributed by atoms with Gasteiger partial charge in [0.2, 0.25) is 5.56 Å². The fourth-order valence-electron chi connectivity index (χ4n) is 2.31. The van der Waals surface area contributed by atoms with Crippen LogP contribution in [-0.2, 0) is 0 Å². The highest BCUT2D eigenvalue weighted by Crippen LogP contribution is 2.22. The number of hydrogen-bond donors (Lipinski definition) is 1. The minimum Gasteiger partial charge on any atom is -0.306 e. The Morgan fingerprint density at radius 3 is 2.58 bits per heavy atom. The number of pyridine rings is 1. The predicted octanol–water partition coefficient (Wildman–Crippen LogP) is 3.09. The van der Waals surface area contributed by atoms with Crippen LogP contribution in [0.15, 0.2) is 39.6 Å². The second-order valence-electron chi connectivity index (χ2n) is 4.51. The molecule has 1 aromatic carbocycles. The minimum absolute atomic E-state index is 0.108. The van der Waals surface area contributed by atoms with Crippen molar-refractivity contribution in [3.63, 3.8) is 0 Å². The molecule has 0 unspecified atom stereocenters. The van der Waals surface area contributed by atoms with Crippen LogP contribution in [0.2, 0.25) is 0 Å². The highest BCUT2D eigenvalue weighted by molar-refractivity contribution is 9.10. The molecule has 4 nitrogen and oxygen atoms in total. The van der Waals surface area contributed by atoms with E-state index in [2.05, 4.69) is 26.0 Å². The maximum atomic E-state index is 11.6. The predicted molar refractivity (Wildman–Crippen MR) is 78.9 cm³/mol.